The van der Waals surface area contributed by atoms with E-state index in [2.05, 4.69) is 29.1 Å². The first kappa shape index (κ1) is 18.2. The molecule has 0 saturated carbocycles. The monoisotopic (exact) mass is 411 g/mol. The van der Waals surface area contributed by atoms with Gasteiger partial charge < -0.3 is 0 Å². The highest BCUT2D eigenvalue weighted by Gasteiger charge is 2.15. The molecule has 6 nitrogen and oxygen atoms in total. The van der Waals surface area contributed by atoms with E-state index in [0.29, 0.717) is 15.1 Å². The average molecular weight is 413 g/mol. The van der Waals surface area contributed by atoms with Gasteiger partial charge in [0.2, 0.25) is 0 Å². The summed E-state index contributed by atoms with van der Waals surface area (Å²) in [6.07, 6.45) is 2.85. The first-order chi connectivity index (χ1) is 11.4. The molecule has 0 fully saturated rings. The summed E-state index contributed by atoms with van der Waals surface area (Å²) in [5, 5.41) is 0.527. The molecule has 0 radical (unpaired) electrons. The van der Waals surface area contributed by atoms with Crippen molar-refractivity contribution in [3.63, 3.8) is 0 Å². The van der Waals surface area contributed by atoms with Crippen LogP contribution in [-0.2, 0) is 19.6 Å². The smallest absolute Gasteiger partial charge is 0.247 e. The molecule has 0 unspecified atom stereocenters. The second kappa shape index (κ2) is 7.63. The van der Waals surface area contributed by atoms with Gasteiger partial charge in [0.05, 0.1) is 19.6 Å². The van der Waals surface area contributed by atoms with Gasteiger partial charge >= 0.3 is 17.1 Å². The fourth-order valence-electron chi connectivity index (χ4n) is 2.21. The van der Waals surface area contributed by atoms with Crippen LogP contribution in [0.1, 0.15) is 5.56 Å². The number of allylic oxidation sites excluding steroid dienone is 2. The molecule has 0 N–H and O–H groups in total. The van der Waals surface area contributed by atoms with Crippen molar-refractivity contribution in [3.8, 4) is 0 Å². The van der Waals surface area contributed by atoms with Crippen LogP contribution < -0.4 is 17.1 Å². The van der Waals surface area contributed by atoms with Crippen LogP contribution in [-0.4, -0.2) is 13.7 Å². The molecule has 1 aromatic heterocycles. The molecule has 2 aromatic rings. The molecule has 0 aliphatic carbocycles. The van der Waals surface area contributed by atoms with Gasteiger partial charge in [-0.15, -0.1) is 13.2 Å². The van der Waals surface area contributed by atoms with E-state index in [0.717, 1.165) is 13.7 Å². The number of hydrogen-bond acceptors (Lipinski definition) is 3. The Bertz CT molecular complexity index is 924. The van der Waals surface area contributed by atoms with Crippen molar-refractivity contribution < 1.29 is 0 Å². The standard InChI is InChI=1S/C16H15BrClN3O3/c1-3-7-19-14(22)20(8-4-2)16(24)21(15(19)23)10-11-5-6-12(18)9-13(11)17/h3-6,9H,1-2,7-8,10H2. The second-order valence-corrected chi connectivity index (χ2v) is 6.26. The van der Waals surface area contributed by atoms with E-state index in [1.165, 1.54) is 12.2 Å². The molecule has 0 saturated heterocycles. The number of rotatable bonds is 6. The van der Waals surface area contributed by atoms with Crippen LogP contribution in [0.4, 0.5) is 0 Å². The predicted molar refractivity (Wildman–Crippen MR) is 97.9 cm³/mol. The van der Waals surface area contributed by atoms with E-state index < -0.39 is 17.1 Å². The van der Waals surface area contributed by atoms with Gasteiger partial charge in [-0.1, -0.05) is 45.7 Å². The van der Waals surface area contributed by atoms with Gasteiger partial charge in [0.25, 0.3) is 0 Å². The van der Waals surface area contributed by atoms with Crippen molar-refractivity contribution in [3.05, 3.63) is 90.0 Å². The van der Waals surface area contributed by atoms with Crippen molar-refractivity contribution in [1.82, 2.24) is 13.7 Å². The summed E-state index contributed by atoms with van der Waals surface area (Å²) in [7, 11) is 0. The first-order valence-electron chi connectivity index (χ1n) is 7.01. The quantitative estimate of drug-likeness (QED) is 0.682. The van der Waals surface area contributed by atoms with E-state index in [-0.39, 0.29) is 19.6 Å². The van der Waals surface area contributed by atoms with Crippen molar-refractivity contribution in [2.24, 2.45) is 0 Å². The minimum absolute atomic E-state index is 0.00395. The lowest BCUT2D eigenvalue weighted by atomic mass is 10.2. The van der Waals surface area contributed by atoms with Crippen LogP contribution >= 0.6 is 27.5 Å². The Morgan fingerprint density at radius 2 is 1.46 bits per heavy atom. The van der Waals surface area contributed by atoms with Gasteiger partial charge in [-0.2, -0.15) is 0 Å². The molecule has 0 amide bonds. The number of halogens is 2. The van der Waals surface area contributed by atoms with Crippen molar-refractivity contribution in [1.29, 1.82) is 0 Å². The number of nitrogens with zero attached hydrogens (tertiary/aromatic N) is 3. The Kier molecular flexibility index (Phi) is 5.80. The van der Waals surface area contributed by atoms with Crippen LogP contribution in [0.2, 0.25) is 5.02 Å². The third-order valence-electron chi connectivity index (χ3n) is 3.35. The molecule has 0 atom stereocenters. The van der Waals surface area contributed by atoms with E-state index in [4.69, 9.17) is 11.6 Å². The third kappa shape index (κ3) is 3.52. The normalized spacial score (nSPS) is 10.6. The van der Waals surface area contributed by atoms with E-state index in [1.807, 2.05) is 0 Å². The van der Waals surface area contributed by atoms with Gasteiger partial charge in [-0.05, 0) is 17.7 Å². The molecule has 126 valence electrons. The van der Waals surface area contributed by atoms with Crippen LogP contribution in [0.25, 0.3) is 0 Å². The molecule has 0 spiro atoms. The lowest BCUT2D eigenvalue weighted by molar-refractivity contribution is 0.498. The Balaban J connectivity index is 2.70. The third-order valence-corrected chi connectivity index (χ3v) is 4.33. The van der Waals surface area contributed by atoms with Crippen molar-refractivity contribution >= 4 is 27.5 Å². The maximum absolute atomic E-state index is 12.5. The van der Waals surface area contributed by atoms with Gasteiger partial charge in [0.15, 0.2) is 0 Å². The summed E-state index contributed by atoms with van der Waals surface area (Å²) in [4.78, 5) is 37.4. The Morgan fingerprint density at radius 1 is 0.958 bits per heavy atom. The summed E-state index contributed by atoms with van der Waals surface area (Å²) in [6.45, 7) is 7.10. The molecular weight excluding hydrogens is 398 g/mol. The molecule has 1 heterocycles. The van der Waals surface area contributed by atoms with E-state index in [1.54, 1.807) is 18.2 Å². The fraction of sp³-hybridized carbons (Fsp3) is 0.188. The first-order valence-corrected chi connectivity index (χ1v) is 8.18. The number of hydrogen-bond donors (Lipinski definition) is 0. The predicted octanol–water partition coefficient (Wildman–Crippen LogP) is 2.01. The highest BCUT2D eigenvalue weighted by atomic mass is 79.9. The molecule has 24 heavy (non-hydrogen) atoms. The van der Waals surface area contributed by atoms with Crippen molar-refractivity contribution in [2.45, 2.75) is 19.6 Å². The van der Waals surface area contributed by atoms with Gasteiger partial charge in [0.1, 0.15) is 0 Å². The SMILES string of the molecule is C=CCn1c(=O)n(CC=C)c(=O)n(Cc2ccc(Cl)cc2Br)c1=O. The second-order valence-electron chi connectivity index (χ2n) is 4.97. The molecule has 0 aliphatic heterocycles. The van der Waals surface area contributed by atoms with Gasteiger partial charge in [-0.3, -0.25) is 0 Å². The fourth-order valence-corrected chi connectivity index (χ4v) is 3.02. The zero-order valence-electron chi connectivity index (χ0n) is 12.7. The van der Waals surface area contributed by atoms with E-state index >= 15 is 0 Å². The Morgan fingerprint density at radius 3 is 1.92 bits per heavy atom. The maximum atomic E-state index is 12.5. The Labute approximate surface area is 151 Å². The lowest BCUT2D eigenvalue weighted by Crippen LogP contribution is -2.54. The number of benzene rings is 1. The zero-order valence-corrected chi connectivity index (χ0v) is 15.1. The van der Waals surface area contributed by atoms with Gasteiger partial charge in [-0.25, -0.2) is 28.1 Å². The molecule has 0 aliphatic rings. The number of aromatic nitrogens is 3. The minimum Gasteiger partial charge on any atom is -0.247 e. The molecule has 8 heteroatoms. The van der Waals surface area contributed by atoms with Gasteiger partial charge in [0, 0.05) is 9.50 Å². The molecule has 1 aromatic carbocycles. The van der Waals surface area contributed by atoms with Crippen LogP contribution in [0.5, 0.6) is 0 Å². The molecule has 2 rings (SSSR count). The highest BCUT2D eigenvalue weighted by molar-refractivity contribution is 9.10. The average Bonchev–Trinajstić information content (AvgIpc) is 2.54. The topological polar surface area (TPSA) is 66.0 Å². The van der Waals surface area contributed by atoms with E-state index in [9.17, 15) is 14.4 Å². The Hall–Kier alpha value is -2.12. The zero-order chi connectivity index (χ0) is 17.9. The summed E-state index contributed by atoms with van der Waals surface area (Å²) in [5.41, 5.74) is -1.37. The van der Waals surface area contributed by atoms with Crippen LogP contribution in [0, 0.1) is 0 Å². The van der Waals surface area contributed by atoms with Crippen molar-refractivity contribution in [2.75, 3.05) is 0 Å². The summed E-state index contributed by atoms with van der Waals surface area (Å²) < 4.78 is 3.59. The minimum atomic E-state index is -0.688. The largest absolute Gasteiger partial charge is 0.336 e. The lowest BCUT2D eigenvalue weighted by Gasteiger charge is -2.13. The molecule has 0 bridgehead atoms. The van der Waals surface area contributed by atoms with Crippen LogP contribution in [0.15, 0.2) is 62.4 Å². The summed E-state index contributed by atoms with van der Waals surface area (Å²) in [6, 6.07) is 5.04. The summed E-state index contributed by atoms with van der Waals surface area (Å²) >= 11 is 9.26. The molecular formula is C16H15BrClN3O3. The van der Waals surface area contributed by atoms with Crippen LogP contribution in [0.3, 0.4) is 0 Å². The maximum Gasteiger partial charge on any atom is 0.336 e. The summed E-state index contributed by atoms with van der Waals surface area (Å²) in [5.74, 6) is 0. The highest BCUT2D eigenvalue weighted by Crippen LogP contribution is 2.21.